The van der Waals surface area contributed by atoms with Gasteiger partial charge in [-0.3, -0.25) is 4.21 Å². The number of nitrogens with zero attached hydrogens (tertiary/aromatic N) is 1. The second-order valence-corrected chi connectivity index (χ2v) is 6.26. The zero-order valence-electron chi connectivity index (χ0n) is 8.99. The molecule has 0 heterocycles. The van der Waals surface area contributed by atoms with Crippen molar-refractivity contribution in [3.63, 3.8) is 0 Å². The summed E-state index contributed by atoms with van der Waals surface area (Å²) in [7, 11) is 3.09. The highest BCUT2D eigenvalue weighted by Gasteiger charge is 2.20. The summed E-state index contributed by atoms with van der Waals surface area (Å²) in [5, 5.41) is 0.404. The van der Waals surface area contributed by atoms with Crippen LogP contribution >= 0.6 is 12.2 Å². The third-order valence-corrected chi connectivity index (χ3v) is 5.15. The van der Waals surface area contributed by atoms with Crippen LogP contribution in [0.2, 0.25) is 0 Å². The van der Waals surface area contributed by atoms with Crippen LogP contribution in [0, 0.1) is 0 Å². The average molecular weight is 233 g/mol. The van der Waals surface area contributed by atoms with Gasteiger partial charge in [-0.2, -0.15) is 0 Å². The molecule has 0 bridgehead atoms. The van der Waals surface area contributed by atoms with Crippen LogP contribution in [-0.4, -0.2) is 39.2 Å². The lowest BCUT2D eigenvalue weighted by molar-refractivity contribution is 0.505. The van der Waals surface area contributed by atoms with Gasteiger partial charge in [-0.15, -0.1) is 0 Å². The van der Waals surface area contributed by atoms with Crippen LogP contribution in [0.5, 0.6) is 0 Å². The molecule has 2 nitrogen and oxygen atoms in total. The molecule has 0 radical (unpaired) electrons. The van der Waals surface area contributed by atoms with Crippen LogP contribution in [0.1, 0.15) is 32.1 Å². The number of thiocarbonyl (C=S) groups is 1. The Morgan fingerprint density at radius 3 is 2.43 bits per heavy atom. The van der Waals surface area contributed by atoms with E-state index in [0.29, 0.717) is 11.0 Å². The highest BCUT2D eigenvalue weighted by Crippen LogP contribution is 2.22. The van der Waals surface area contributed by atoms with Crippen molar-refractivity contribution in [3.05, 3.63) is 0 Å². The fraction of sp³-hybridized carbons (Fsp3) is 0.900. The van der Waals surface area contributed by atoms with Crippen LogP contribution in [0.4, 0.5) is 0 Å². The summed E-state index contributed by atoms with van der Waals surface area (Å²) in [5.41, 5.74) is 0. The molecule has 0 aromatic heterocycles. The standard InChI is InChI=1S/C10H19NOS2/c1-11(2)10(13)8-14(12)9-6-4-3-5-7-9/h9H,3-8H2,1-2H3/t14-/m1/s1. The minimum absolute atomic E-state index is 0.404. The highest BCUT2D eigenvalue weighted by molar-refractivity contribution is 7.89. The molecule has 0 spiro atoms. The van der Waals surface area contributed by atoms with Crippen molar-refractivity contribution in [2.45, 2.75) is 37.4 Å². The Morgan fingerprint density at radius 1 is 1.36 bits per heavy atom. The SMILES string of the molecule is CN(C)C(=S)C[S@@](=O)C1CCCCC1. The van der Waals surface area contributed by atoms with Gasteiger partial charge in [-0.05, 0) is 12.8 Å². The number of hydrogen-bond acceptors (Lipinski definition) is 2. The van der Waals surface area contributed by atoms with E-state index in [4.69, 9.17) is 12.2 Å². The maximum atomic E-state index is 11.9. The van der Waals surface area contributed by atoms with Crippen LogP contribution < -0.4 is 0 Å². The maximum absolute atomic E-state index is 11.9. The van der Waals surface area contributed by atoms with Crippen LogP contribution in [-0.2, 0) is 10.8 Å². The van der Waals surface area contributed by atoms with E-state index >= 15 is 0 Å². The molecule has 0 N–H and O–H groups in total. The number of rotatable bonds is 3. The van der Waals surface area contributed by atoms with Gasteiger partial charge in [0.1, 0.15) is 0 Å². The molecule has 0 aromatic carbocycles. The smallest absolute Gasteiger partial charge is 0.0900 e. The number of hydrogen-bond donors (Lipinski definition) is 0. The molecule has 4 heteroatoms. The van der Waals surface area contributed by atoms with Crippen molar-refractivity contribution in [1.82, 2.24) is 4.90 Å². The molecule has 1 atom stereocenters. The van der Waals surface area contributed by atoms with Crippen molar-refractivity contribution in [2.75, 3.05) is 19.8 Å². The molecule has 1 saturated carbocycles. The van der Waals surface area contributed by atoms with E-state index in [1.165, 1.54) is 19.3 Å². The second-order valence-electron chi connectivity index (χ2n) is 4.07. The molecule has 1 fully saturated rings. The summed E-state index contributed by atoms with van der Waals surface area (Å²) in [6.07, 6.45) is 6.05. The molecule has 82 valence electrons. The summed E-state index contributed by atoms with van der Waals surface area (Å²) in [6.45, 7) is 0. The van der Waals surface area contributed by atoms with E-state index in [9.17, 15) is 4.21 Å². The minimum atomic E-state index is -0.740. The normalized spacial score (nSPS) is 20.4. The van der Waals surface area contributed by atoms with Gasteiger partial charge in [-0.1, -0.05) is 31.5 Å². The van der Waals surface area contributed by atoms with Crippen molar-refractivity contribution in [3.8, 4) is 0 Å². The molecular weight excluding hydrogens is 214 g/mol. The largest absolute Gasteiger partial charge is 0.372 e. The van der Waals surface area contributed by atoms with E-state index in [2.05, 4.69) is 0 Å². The third-order valence-electron chi connectivity index (χ3n) is 2.69. The van der Waals surface area contributed by atoms with Crippen LogP contribution in [0.3, 0.4) is 0 Å². The molecule has 1 aliphatic carbocycles. The Morgan fingerprint density at radius 2 is 1.93 bits per heavy atom. The van der Waals surface area contributed by atoms with Gasteiger partial charge in [0.25, 0.3) is 0 Å². The molecule has 0 unspecified atom stereocenters. The lowest BCUT2D eigenvalue weighted by Gasteiger charge is -2.22. The van der Waals surface area contributed by atoms with E-state index < -0.39 is 10.8 Å². The molecule has 0 aromatic rings. The predicted molar refractivity (Wildman–Crippen MR) is 66.2 cm³/mol. The first-order valence-corrected chi connectivity index (χ1v) is 6.97. The molecule has 1 aliphatic rings. The monoisotopic (exact) mass is 233 g/mol. The van der Waals surface area contributed by atoms with Gasteiger partial charge in [0.15, 0.2) is 0 Å². The maximum Gasteiger partial charge on any atom is 0.0900 e. The summed E-state index contributed by atoms with van der Waals surface area (Å²) in [5.74, 6) is 0.576. The fourth-order valence-electron chi connectivity index (χ4n) is 1.70. The first-order chi connectivity index (χ1) is 6.61. The Labute approximate surface area is 94.5 Å². The van der Waals surface area contributed by atoms with E-state index in [1.807, 2.05) is 19.0 Å². The Kier molecular flexibility index (Phi) is 5.02. The van der Waals surface area contributed by atoms with Crippen molar-refractivity contribution in [2.24, 2.45) is 0 Å². The Hall–Kier alpha value is 0.0400. The molecule has 0 aliphatic heterocycles. The molecule has 14 heavy (non-hydrogen) atoms. The van der Waals surface area contributed by atoms with Gasteiger partial charge >= 0.3 is 0 Å². The van der Waals surface area contributed by atoms with Gasteiger partial charge in [0, 0.05) is 30.1 Å². The zero-order chi connectivity index (χ0) is 10.6. The van der Waals surface area contributed by atoms with E-state index in [0.717, 1.165) is 17.8 Å². The first kappa shape index (κ1) is 12.1. The minimum Gasteiger partial charge on any atom is -0.372 e. The van der Waals surface area contributed by atoms with E-state index in [1.54, 1.807) is 0 Å². The zero-order valence-corrected chi connectivity index (χ0v) is 10.6. The second kappa shape index (κ2) is 5.81. The van der Waals surface area contributed by atoms with E-state index in [-0.39, 0.29) is 0 Å². The highest BCUT2D eigenvalue weighted by atomic mass is 32.2. The summed E-state index contributed by atoms with van der Waals surface area (Å²) >= 11 is 5.16. The summed E-state index contributed by atoms with van der Waals surface area (Å²) < 4.78 is 11.9. The Balaban J connectivity index is 2.37. The van der Waals surface area contributed by atoms with Crippen molar-refractivity contribution >= 4 is 28.0 Å². The molecular formula is C10H19NOS2. The molecule has 0 amide bonds. The van der Waals surface area contributed by atoms with Crippen molar-refractivity contribution < 1.29 is 4.21 Å². The lowest BCUT2D eigenvalue weighted by Crippen LogP contribution is -2.30. The first-order valence-electron chi connectivity index (χ1n) is 5.18. The van der Waals surface area contributed by atoms with Gasteiger partial charge in [0.05, 0.1) is 10.7 Å². The molecule has 1 rings (SSSR count). The lowest BCUT2D eigenvalue weighted by atomic mass is 10.0. The van der Waals surface area contributed by atoms with Gasteiger partial charge < -0.3 is 4.90 Å². The average Bonchev–Trinajstić information content (AvgIpc) is 2.19. The topological polar surface area (TPSA) is 20.3 Å². The fourth-order valence-corrected chi connectivity index (χ4v) is 3.64. The van der Waals surface area contributed by atoms with Gasteiger partial charge in [-0.25, -0.2) is 0 Å². The van der Waals surface area contributed by atoms with Crippen LogP contribution in [0.25, 0.3) is 0 Å². The summed E-state index contributed by atoms with van der Waals surface area (Å²) in [4.78, 5) is 2.70. The third kappa shape index (κ3) is 3.65. The Bertz CT molecular complexity index is 222. The van der Waals surface area contributed by atoms with Crippen molar-refractivity contribution in [1.29, 1.82) is 0 Å². The van der Waals surface area contributed by atoms with Gasteiger partial charge in [0.2, 0.25) is 0 Å². The van der Waals surface area contributed by atoms with Crippen LogP contribution in [0.15, 0.2) is 0 Å². The summed E-state index contributed by atoms with van der Waals surface area (Å²) in [6, 6.07) is 0. The quantitative estimate of drug-likeness (QED) is 0.695. The molecule has 0 saturated heterocycles. The predicted octanol–water partition coefficient (Wildman–Crippen LogP) is 1.96.